The van der Waals surface area contributed by atoms with Crippen molar-refractivity contribution in [2.75, 3.05) is 17.2 Å². The van der Waals surface area contributed by atoms with Gasteiger partial charge in [0.1, 0.15) is 5.82 Å². The van der Waals surface area contributed by atoms with Crippen molar-refractivity contribution in [1.82, 2.24) is 4.37 Å². The first kappa shape index (κ1) is 10.6. The van der Waals surface area contributed by atoms with Crippen LogP contribution in [0, 0.1) is 0 Å². The van der Waals surface area contributed by atoms with Crippen LogP contribution in [-0.4, -0.2) is 10.9 Å². The number of hydrogen-bond acceptors (Lipinski definition) is 4. The molecule has 2 aromatic rings. The second kappa shape index (κ2) is 4.37. The molecule has 2 heterocycles. The van der Waals surface area contributed by atoms with Gasteiger partial charge in [0.15, 0.2) is 0 Å². The lowest BCUT2D eigenvalue weighted by atomic mass is 10.0. The van der Waals surface area contributed by atoms with Crippen LogP contribution < -0.4 is 10.6 Å². The highest BCUT2D eigenvalue weighted by atomic mass is 32.1. The second-order valence-corrected chi connectivity index (χ2v) is 5.26. The van der Waals surface area contributed by atoms with Crippen LogP contribution >= 0.6 is 11.5 Å². The molecule has 3 rings (SSSR count). The third-order valence-electron chi connectivity index (χ3n) is 3.13. The standard InChI is InChI=1S/C13H15N3S/c14-13-8-11(17-15-13)9-16-7-3-5-10-4-1-2-6-12(10)16/h1-2,4,6,8H,3,5,7,9H2,(H2,14,15). The molecule has 1 aromatic carbocycles. The number of nitrogen functional groups attached to an aromatic ring is 1. The number of rotatable bonds is 2. The van der Waals surface area contributed by atoms with Crippen LogP contribution in [0.15, 0.2) is 30.3 Å². The summed E-state index contributed by atoms with van der Waals surface area (Å²) in [7, 11) is 0. The van der Waals surface area contributed by atoms with E-state index in [1.165, 1.54) is 40.5 Å². The molecule has 88 valence electrons. The molecule has 0 unspecified atom stereocenters. The maximum Gasteiger partial charge on any atom is 0.137 e. The molecule has 0 radical (unpaired) electrons. The zero-order valence-electron chi connectivity index (χ0n) is 9.60. The van der Waals surface area contributed by atoms with Crippen molar-refractivity contribution in [2.24, 2.45) is 0 Å². The summed E-state index contributed by atoms with van der Waals surface area (Å²) in [6.07, 6.45) is 2.42. The SMILES string of the molecule is Nc1cc(CN2CCCc3ccccc32)sn1. The minimum atomic E-state index is 0.635. The molecule has 0 bridgehead atoms. The van der Waals surface area contributed by atoms with Gasteiger partial charge in [-0.15, -0.1) is 0 Å². The molecule has 0 amide bonds. The lowest BCUT2D eigenvalue weighted by Gasteiger charge is -2.30. The van der Waals surface area contributed by atoms with Gasteiger partial charge in [-0.3, -0.25) is 0 Å². The Morgan fingerprint density at radius 2 is 2.24 bits per heavy atom. The third-order valence-corrected chi connectivity index (χ3v) is 3.91. The molecule has 0 atom stereocenters. The van der Waals surface area contributed by atoms with Crippen molar-refractivity contribution in [2.45, 2.75) is 19.4 Å². The van der Waals surface area contributed by atoms with E-state index in [0.717, 1.165) is 13.1 Å². The van der Waals surface area contributed by atoms with Gasteiger partial charge in [0.25, 0.3) is 0 Å². The molecule has 0 aliphatic carbocycles. The smallest absolute Gasteiger partial charge is 0.137 e. The maximum atomic E-state index is 5.66. The summed E-state index contributed by atoms with van der Waals surface area (Å²) in [5, 5.41) is 0. The van der Waals surface area contributed by atoms with Gasteiger partial charge in [-0.1, -0.05) is 18.2 Å². The molecule has 1 aliphatic heterocycles. The van der Waals surface area contributed by atoms with Crippen LogP contribution in [0.5, 0.6) is 0 Å². The van der Waals surface area contributed by atoms with E-state index in [4.69, 9.17) is 5.73 Å². The zero-order chi connectivity index (χ0) is 11.7. The van der Waals surface area contributed by atoms with Crippen molar-refractivity contribution in [1.29, 1.82) is 0 Å². The molecule has 2 N–H and O–H groups in total. The van der Waals surface area contributed by atoms with Crippen LogP contribution in [0.2, 0.25) is 0 Å². The predicted octanol–water partition coefficient (Wildman–Crippen LogP) is 2.68. The number of para-hydroxylation sites is 1. The molecule has 0 saturated heterocycles. The first-order chi connectivity index (χ1) is 8.33. The van der Waals surface area contributed by atoms with E-state index in [9.17, 15) is 0 Å². The second-order valence-electron chi connectivity index (χ2n) is 4.37. The molecular formula is C13H15N3S. The molecule has 0 fully saturated rings. The van der Waals surface area contributed by atoms with E-state index < -0.39 is 0 Å². The van der Waals surface area contributed by atoms with Crippen LogP contribution in [0.25, 0.3) is 0 Å². The normalized spacial score (nSPS) is 14.7. The average Bonchev–Trinajstić information content (AvgIpc) is 2.75. The van der Waals surface area contributed by atoms with E-state index >= 15 is 0 Å². The summed E-state index contributed by atoms with van der Waals surface area (Å²) < 4.78 is 4.13. The summed E-state index contributed by atoms with van der Waals surface area (Å²) in [4.78, 5) is 3.66. The lowest BCUT2D eigenvalue weighted by molar-refractivity contribution is 0.695. The maximum absolute atomic E-state index is 5.66. The van der Waals surface area contributed by atoms with Gasteiger partial charge in [0.05, 0.1) is 6.54 Å². The van der Waals surface area contributed by atoms with Crippen molar-refractivity contribution >= 4 is 23.0 Å². The van der Waals surface area contributed by atoms with E-state index in [2.05, 4.69) is 33.5 Å². The van der Waals surface area contributed by atoms with E-state index in [0.29, 0.717) is 5.82 Å². The molecule has 1 aromatic heterocycles. The zero-order valence-corrected chi connectivity index (χ0v) is 10.4. The first-order valence-corrected chi connectivity index (χ1v) is 6.64. The topological polar surface area (TPSA) is 42.1 Å². The van der Waals surface area contributed by atoms with Gasteiger partial charge in [-0.05, 0) is 42.1 Å². The molecule has 17 heavy (non-hydrogen) atoms. The van der Waals surface area contributed by atoms with Crippen LogP contribution in [0.1, 0.15) is 16.9 Å². The largest absolute Gasteiger partial charge is 0.383 e. The number of benzene rings is 1. The number of hydrogen-bond donors (Lipinski definition) is 1. The Balaban J connectivity index is 1.85. The number of nitrogens with two attached hydrogens (primary N) is 1. The Morgan fingerprint density at radius 3 is 3.06 bits per heavy atom. The molecule has 4 heteroatoms. The van der Waals surface area contributed by atoms with E-state index in [1.807, 2.05) is 6.07 Å². The fourth-order valence-electron chi connectivity index (χ4n) is 2.37. The fourth-order valence-corrected chi connectivity index (χ4v) is 3.03. The van der Waals surface area contributed by atoms with Crippen LogP contribution in [-0.2, 0) is 13.0 Å². The fraction of sp³-hybridized carbons (Fsp3) is 0.308. The van der Waals surface area contributed by atoms with Gasteiger partial charge in [0.2, 0.25) is 0 Å². The average molecular weight is 245 g/mol. The Bertz CT molecular complexity index is 521. The minimum absolute atomic E-state index is 0.635. The van der Waals surface area contributed by atoms with Gasteiger partial charge >= 0.3 is 0 Å². The predicted molar refractivity (Wildman–Crippen MR) is 72.3 cm³/mol. The minimum Gasteiger partial charge on any atom is -0.383 e. The highest BCUT2D eigenvalue weighted by Crippen LogP contribution is 2.28. The van der Waals surface area contributed by atoms with Crippen molar-refractivity contribution in [3.8, 4) is 0 Å². The van der Waals surface area contributed by atoms with Gasteiger partial charge < -0.3 is 10.6 Å². The van der Waals surface area contributed by atoms with E-state index in [1.54, 1.807) is 0 Å². The summed E-state index contributed by atoms with van der Waals surface area (Å²) >= 11 is 1.50. The number of aryl methyl sites for hydroxylation is 1. The number of fused-ring (bicyclic) bond motifs is 1. The van der Waals surface area contributed by atoms with Gasteiger partial charge in [0, 0.05) is 17.1 Å². The van der Waals surface area contributed by atoms with Gasteiger partial charge in [-0.2, -0.15) is 4.37 Å². The highest BCUT2D eigenvalue weighted by molar-refractivity contribution is 7.06. The lowest BCUT2D eigenvalue weighted by Crippen LogP contribution is -2.28. The number of nitrogens with zero attached hydrogens (tertiary/aromatic N) is 2. The molecule has 1 aliphatic rings. The van der Waals surface area contributed by atoms with E-state index in [-0.39, 0.29) is 0 Å². The van der Waals surface area contributed by atoms with Crippen LogP contribution in [0.3, 0.4) is 0 Å². The Morgan fingerprint density at radius 1 is 1.35 bits per heavy atom. The van der Waals surface area contributed by atoms with Crippen molar-refractivity contribution in [3.63, 3.8) is 0 Å². The molecule has 3 nitrogen and oxygen atoms in total. The molecule has 0 saturated carbocycles. The Kier molecular flexibility index (Phi) is 2.73. The third kappa shape index (κ3) is 2.13. The van der Waals surface area contributed by atoms with Crippen LogP contribution in [0.4, 0.5) is 11.5 Å². The quantitative estimate of drug-likeness (QED) is 0.884. The Labute approximate surface area is 105 Å². The first-order valence-electron chi connectivity index (χ1n) is 5.87. The summed E-state index contributed by atoms with van der Waals surface area (Å²) in [6.45, 7) is 2.04. The highest BCUT2D eigenvalue weighted by Gasteiger charge is 2.16. The number of aromatic nitrogens is 1. The van der Waals surface area contributed by atoms with Crippen molar-refractivity contribution in [3.05, 3.63) is 40.8 Å². The number of anilines is 2. The summed E-state index contributed by atoms with van der Waals surface area (Å²) in [6, 6.07) is 10.6. The molecule has 0 spiro atoms. The van der Waals surface area contributed by atoms with Crippen molar-refractivity contribution < 1.29 is 0 Å². The van der Waals surface area contributed by atoms with Gasteiger partial charge in [-0.25, -0.2) is 0 Å². The Hall–Kier alpha value is -1.55. The molecular weight excluding hydrogens is 230 g/mol. The summed E-state index contributed by atoms with van der Waals surface area (Å²) in [5.41, 5.74) is 8.48. The summed E-state index contributed by atoms with van der Waals surface area (Å²) in [5.74, 6) is 0.635. The monoisotopic (exact) mass is 245 g/mol.